The summed E-state index contributed by atoms with van der Waals surface area (Å²) in [6.07, 6.45) is 0.923. The molecule has 0 aliphatic heterocycles. The maximum atomic E-state index is 6.12. The molecule has 0 spiro atoms. The van der Waals surface area contributed by atoms with Gasteiger partial charge in [0.1, 0.15) is 5.75 Å². The molecule has 112 valence electrons. The van der Waals surface area contributed by atoms with Gasteiger partial charge in [0.25, 0.3) is 0 Å². The van der Waals surface area contributed by atoms with E-state index >= 15 is 0 Å². The zero-order valence-electron chi connectivity index (χ0n) is 11.5. The van der Waals surface area contributed by atoms with Gasteiger partial charge in [0.15, 0.2) is 0 Å². The topological polar surface area (TPSA) is 35.2 Å². The third-order valence-electron chi connectivity index (χ3n) is 2.89. The lowest BCUT2D eigenvalue weighted by Crippen LogP contribution is -2.04. The second-order valence-corrected chi connectivity index (χ2v) is 6.42. The Morgan fingerprint density at radius 1 is 1.10 bits per heavy atom. The molecule has 21 heavy (non-hydrogen) atoms. The molecule has 0 bridgehead atoms. The normalized spacial score (nSPS) is 10.6. The summed E-state index contributed by atoms with van der Waals surface area (Å²) in [7, 11) is 0. The Morgan fingerprint density at radius 3 is 2.71 bits per heavy atom. The highest BCUT2D eigenvalue weighted by Crippen LogP contribution is 2.30. The SMILES string of the molecule is NCc1ccccc1OCCCSc1cc(Cl)ccc1Cl. The van der Waals surface area contributed by atoms with Gasteiger partial charge in [-0.15, -0.1) is 11.8 Å². The minimum atomic E-state index is 0.489. The van der Waals surface area contributed by atoms with Crippen molar-refractivity contribution in [2.45, 2.75) is 17.9 Å². The van der Waals surface area contributed by atoms with E-state index in [0.717, 1.165) is 33.4 Å². The number of nitrogens with two attached hydrogens (primary N) is 1. The Labute approximate surface area is 139 Å². The monoisotopic (exact) mass is 341 g/mol. The summed E-state index contributed by atoms with van der Waals surface area (Å²) in [5.41, 5.74) is 6.71. The van der Waals surface area contributed by atoms with Crippen molar-refractivity contribution < 1.29 is 4.74 Å². The first-order chi connectivity index (χ1) is 10.2. The molecule has 2 aromatic carbocycles. The van der Waals surface area contributed by atoms with Crippen molar-refractivity contribution in [3.8, 4) is 5.75 Å². The molecule has 0 atom stereocenters. The van der Waals surface area contributed by atoms with Gasteiger partial charge in [-0.2, -0.15) is 0 Å². The van der Waals surface area contributed by atoms with E-state index in [4.69, 9.17) is 33.7 Å². The molecule has 0 amide bonds. The fraction of sp³-hybridized carbons (Fsp3) is 0.250. The molecule has 0 aliphatic rings. The van der Waals surface area contributed by atoms with Crippen molar-refractivity contribution in [1.82, 2.24) is 0 Å². The van der Waals surface area contributed by atoms with Gasteiger partial charge in [-0.1, -0.05) is 41.4 Å². The van der Waals surface area contributed by atoms with Crippen LogP contribution in [0.5, 0.6) is 5.75 Å². The average molecular weight is 342 g/mol. The van der Waals surface area contributed by atoms with Crippen molar-refractivity contribution in [2.24, 2.45) is 5.73 Å². The number of hydrogen-bond donors (Lipinski definition) is 1. The van der Waals surface area contributed by atoms with Gasteiger partial charge >= 0.3 is 0 Å². The highest BCUT2D eigenvalue weighted by atomic mass is 35.5. The van der Waals surface area contributed by atoms with Crippen LogP contribution in [0.15, 0.2) is 47.4 Å². The van der Waals surface area contributed by atoms with Crippen LogP contribution in [-0.4, -0.2) is 12.4 Å². The molecule has 2 aromatic rings. The standard InChI is InChI=1S/C16H17Cl2NOS/c17-13-6-7-14(18)16(10-13)21-9-3-8-20-15-5-2-1-4-12(15)11-19/h1-2,4-7,10H,3,8-9,11,19H2. The van der Waals surface area contributed by atoms with Gasteiger partial charge < -0.3 is 10.5 Å². The van der Waals surface area contributed by atoms with Crippen LogP contribution < -0.4 is 10.5 Å². The molecule has 0 heterocycles. The minimum Gasteiger partial charge on any atom is -0.493 e. The first-order valence-corrected chi connectivity index (χ1v) is 8.43. The minimum absolute atomic E-state index is 0.489. The molecule has 0 unspecified atom stereocenters. The molecule has 0 fully saturated rings. The third-order valence-corrected chi connectivity index (χ3v) is 4.71. The first-order valence-electron chi connectivity index (χ1n) is 6.69. The Balaban J connectivity index is 1.76. The zero-order chi connectivity index (χ0) is 15.1. The summed E-state index contributed by atoms with van der Waals surface area (Å²) in [5.74, 6) is 1.79. The Hall–Kier alpha value is -0.870. The lowest BCUT2D eigenvalue weighted by molar-refractivity contribution is 0.315. The third kappa shape index (κ3) is 5.11. The Bertz CT molecular complexity index is 592. The van der Waals surface area contributed by atoms with E-state index in [0.29, 0.717) is 18.2 Å². The average Bonchev–Trinajstić information content (AvgIpc) is 2.50. The number of thioether (sulfide) groups is 1. The molecule has 0 aliphatic carbocycles. The highest BCUT2D eigenvalue weighted by molar-refractivity contribution is 7.99. The van der Waals surface area contributed by atoms with Crippen LogP contribution >= 0.6 is 35.0 Å². The molecular weight excluding hydrogens is 325 g/mol. The van der Waals surface area contributed by atoms with Gasteiger partial charge in [-0.25, -0.2) is 0 Å². The van der Waals surface area contributed by atoms with Crippen molar-refractivity contribution in [1.29, 1.82) is 0 Å². The number of hydrogen-bond acceptors (Lipinski definition) is 3. The summed E-state index contributed by atoms with van der Waals surface area (Å²) in [6.45, 7) is 1.14. The number of para-hydroxylation sites is 1. The van der Waals surface area contributed by atoms with Crippen molar-refractivity contribution in [3.05, 3.63) is 58.1 Å². The molecule has 5 heteroatoms. The largest absolute Gasteiger partial charge is 0.493 e. The number of ether oxygens (including phenoxy) is 1. The molecule has 2 nitrogen and oxygen atoms in total. The van der Waals surface area contributed by atoms with Crippen LogP contribution in [0.3, 0.4) is 0 Å². The van der Waals surface area contributed by atoms with E-state index in [1.807, 2.05) is 36.4 Å². The maximum absolute atomic E-state index is 6.12. The highest BCUT2D eigenvalue weighted by Gasteiger charge is 2.03. The number of benzene rings is 2. The van der Waals surface area contributed by atoms with Crippen LogP contribution in [0.4, 0.5) is 0 Å². The van der Waals surface area contributed by atoms with E-state index in [1.54, 1.807) is 17.8 Å². The summed E-state index contributed by atoms with van der Waals surface area (Å²) in [4.78, 5) is 1.01. The molecule has 2 N–H and O–H groups in total. The van der Waals surface area contributed by atoms with E-state index in [1.165, 1.54) is 0 Å². The van der Waals surface area contributed by atoms with Gasteiger partial charge in [-0.05, 0) is 30.7 Å². The summed E-state index contributed by atoms with van der Waals surface area (Å²) in [6, 6.07) is 13.3. The Kier molecular flexibility index (Phi) is 6.71. The Morgan fingerprint density at radius 2 is 1.90 bits per heavy atom. The summed E-state index contributed by atoms with van der Waals surface area (Å²) < 4.78 is 5.77. The quantitative estimate of drug-likeness (QED) is 0.567. The molecule has 0 radical (unpaired) electrons. The van der Waals surface area contributed by atoms with Gasteiger partial charge in [0.2, 0.25) is 0 Å². The second-order valence-electron chi connectivity index (χ2n) is 4.44. The van der Waals surface area contributed by atoms with Gasteiger partial charge in [0, 0.05) is 27.8 Å². The van der Waals surface area contributed by atoms with Crippen LogP contribution in [0, 0.1) is 0 Å². The predicted molar refractivity (Wildman–Crippen MR) is 91.6 cm³/mol. The fourth-order valence-corrected chi connectivity index (χ4v) is 3.24. The number of halogens is 2. The zero-order valence-corrected chi connectivity index (χ0v) is 13.8. The van der Waals surface area contributed by atoms with Crippen molar-refractivity contribution in [3.63, 3.8) is 0 Å². The van der Waals surface area contributed by atoms with Crippen LogP contribution in [0.2, 0.25) is 10.0 Å². The van der Waals surface area contributed by atoms with E-state index in [2.05, 4.69) is 0 Å². The summed E-state index contributed by atoms with van der Waals surface area (Å²) in [5, 5.41) is 1.44. The van der Waals surface area contributed by atoms with Crippen LogP contribution in [0.1, 0.15) is 12.0 Å². The maximum Gasteiger partial charge on any atom is 0.123 e. The molecule has 2 rings (SSSR count). The first kappa shape index (κ1) is 16.5. The predicted octanol–water partition coefficient (Wildman–Crippen LogP) is 5.01. The molecular formula is C16H17Cl2NOS. The fourth-order valence-electron chi connectivity index (χ4n) is 1.82. The smallest absolute Gasteiger partial charge is 0.123 e. The number of rotatable bonds is 7. The van der Waals surface area contributed by atoms with E-state index in [9.17, 15) is 0 Å². The van der Waals surface area contributed by atoms with Crippen LogP contribution in [-0.2, 0) is 6.54 Å². The van der Waals surface area contributed by atoms with Crippen molar-refractivity contribution in [2.75, 3.05) is 12.4 Å². The molecule has 0 saturated carbocycles. The van der Waals surface area contributed by atoms with Crippen molar-refractivity contribution >= 4 is 35.0 Å². The van der Waals surface area contributed by atoms with E-state index in [-0.39, 0.29) is 0 Å². The molecule has 0 aromatic heterocycles. The molecule has 0 saturated heterocycles. The lowest BCUT2D eigenvalue weighted by Gasteiger charge is -2.10. The van der Waals surface area contributed by atoms with Gasteiger partial charge in [0.05, 0.1) is 11.6 Å². The summed E-state index contributed by atoms with van der Waals surface area (Å²) >= 11 is 13.8. The second kappa shape index (κ2) is 8.54. The lowest BCUT2D eigenvalue weighted by atomic mass is 10.2. The van der Waals surface area contributed by atoms with Crippen LogP contribution in [0.25, 0.3) is 0 Å². The van der Waals surface area contributed by atoms with E-state index < -0.39 is 0 Å². The van der Waals surface area contributed by atoms with Gasteiger partial charge in [-0.3, -0.25) is 0 Å².